The Labute approximate surface area is 126 Å². The highest BCUT2D eigenvalue weighted by Crippen LogP contribution is 2.27. The smallest absolute Gasteiger partial charge is 0.254 e. The van der Waals surface area contributed by atoms with E-state index in [-0.39, 0.29) is 18.1 Å². The molecule has 1 heterocycles. The summed E-state index contributed by atoms with van der Waals surface area (Å²) >= 11 is 9.34. The van der Waals surface area contributed by atoms with E-state index in [1.807, 2.05) is 4.90 Å². The molecule has 0 radical (unpaired) electrons. The Bertz CT molecular complexity index is 479. The van der Waals surface area contributed by atoms with Gasteiger partial charge in [-0.05, 0) is 60.3 Å². The largest absolute Gasteiger partial charge is 0.393 e. The molecule has 1 aromatic carbocycles. The number of aliphatic hydroxyl groups excluding tert-OH is 1. The minimum Gasteiger partial charge on any atom is -0.393 e. The highest BCUT2D eigenvalue weighted by molar-refractivity contribution is 9.10. The Morgan fingerprint density at radius 2 is 2.37 bits per heavy atom. The first-order chi connectivity index (χ1) is 8.99. The summed E-state index contributed by atoms with van der Waals surface area (Å²) in [6.45, 7) is 2.52. The molecule has 104 valence electrons. The normalized spacial score (nSPS) is 20.6. The summed E-state index contributed by atoms with van der Waals surface area (Å²) in [5.74, 6) is -0.00227. The van der Waals surface area contributed by atoms with Crippen molar-refractivity contribution in [3.63, 3.8) is 0 Å². The molecule has 1 aromatic rings. The lowest BCUT2D eigenvalue weighted by atomic mass is 10.1. The molecular weight excluding hydrogens is 330 g/mol. The van der Waals surface area contributed by atoms with E-state index in [4.69, 9.17) is 11.6 Å². The van der Waals surface area contributed by atoms with E-state index in [1.54, 1.807) is 25.1 Å². The number of halogens is 2. The lowest BCUT2D eigenvalue weighted by Crippen LogP contribution is -2.37. The van der Waals surface area contributed by atoms with Gasteiger partial charge < -0.3 is 10.0 Å². The van der Waals surface area contributed by atoms with Crippen molar-refractivity contribution < 1.29 is 9.90 Å². The van der Waals surface area contributed by atoms with E-state index in [0.29, 0.717) is 17.0 Å². The number of carbonyl (C=O) groups is 1. The molecule has 19 heavy (non-hydrogen) atoms. The lowest BCUT2D eigenvalue weighted by molar-refractivity contribution is 0.0682. The highest BCUT2D eigenvalue weighted by Gasteiger charge is 2.30. The van der Waals surface area contributed by atoms with Gasteiger partial charge in [-0.25, -0.2) is 0 Å². The topological polar surface area (TPSA) is 40.5 Å². The summed E-state index contributed by atoms with van der Waals surface area (Å²) < 4.78 is 0.785. The fourth-order valence-electron chi connectivity index (χ4n) is 2.54. The number of amides is 1. The molecule has 2 atom stereocenters. The molecule has 1 aliphatic heterocycles. The molecule has 0 spiro atoms. The van der Waals surface area contributed by atoms with Gasteiger partial charge in [-0.1, -0.05) is 11.6 Å². The van der Waals surface area contributed by atoms with E-state index in [0.717, 1.165) is 23.9 Å². The quantitative estimate of drug-likeness (QED) is 0.910. The van der Waals surface area contributed by atoms with Gasteiger partial charge in [-0.15, -0.1) is 0 Å². The molecule has 1 amide bonds. The Hall–Kier alpha value is -0.580. The summed E-state index contributed by atoms with van der Waals surface area (Å²) in [5, 5.41) is 10.0. The summed E-state index contributed by atoms with van der Waals surface area (Å²) in [6.07, 6.45) is 2.21. The zero-order chi connectivity index (χ0) is 14.0. The number of benzene rings is 1. The monoisotopic (exact) mass is 345 g/mol. The van der Waals surface area contributed by atoms with Crippen LogP contribution in [0.1, 0.15) is 36.5 Å². The van der Waals surface area contributed by atoms with E-state index in [2.05, 4.69) is 15.9 Å². The summed E-state index contributed by atoms with van der Waals surface area (Å²) in [6, 6.07) is 5.38. The van der Waals surface area contributed by atoms with Crippen molar-refractivity contribution in [3.05, 3.63) is 33.3 Å². The minimum absolute atomic E-state index is 0.00227. The molecule has 1 fully saturated rings. The summed E-state index contributed by atoms with van der Waals surface area (Å²) in [7, 11) is 0. The third-order valence-corrected chi connectivity index (χ3v) is 4.65. The first-order valence-corrected chi connectivity index (χ1v) is 7.60. The van der Waals surface area contributed by atoms with Crippen molar-refractivity contribution in [2.45, 2.75) is 38.3 Å². The predicted octanol–water partition coefficient (Wildman–Crippen LogP) is 3.48. The maximum Gasteiger partial charge on any atom is 0.254 e. The average Bonchev–Trinajstić information content (AvgIpc) is 2.79. The van der Waals surface area contributed by atoms with Gasteiger partial charge in [0.15, 0.2) is 0 Å². The van der Waals surface area contributed by atoms with Crippen LogP contribution in [-0.2, 0) is 0 Å². The van der Waals surface area contributed by atoms with Crippen molar-refractivity contribution >= 4 is 33.4 Å². The van der Waals surface area contributed by atoms with E-state index in [9.17, 15) is 9.90 Å². The van der Waals surface area contributed by atoms with Crippen LogP contribution in [0.4, 0.5) is 0 Å². The number of hydrogen-bond donors (Lipinski definition) is 1. The molecule has 0 bridgehead atoms. The molecule has 3 nitrogen and oxygen atoms in total. The van der Waals surface area contributed by atoms with Crippen molar-refractivity contribution in [3.8, 4) is 0 Å². The van der Waals surface area contributed by atoms with E-state index >= 15 is 0 Å². The van der Waals surface area contributed by atoms with Crippen LogP contribution in [0.2, 0.25) is 5.02 Å². The van der Waals surface area contributed by atoms with Gasteiger partial charge in [0.05, 0.1) is 11.1 Å². The number of likely N-dealkylation sites (tertiary alicyclic amines) is 1. The highest BCUT2D eigenvalue weighted by atomic mass is 79.9. The molecule has 1 saturated heterocycles. The standard InChI is InChI=1S/C14H17BrClNO2/c1-9(18)7-11-3-2-6-17(11)14(19)10-4-5-12(15)13(16)8-10/h4-5,8-9,11,18H,2-3,6-7H2,1H3. The molecule has 2 unspecified atom stereocenters. The van der Waals surface area contributed by atoms with Crippen molar-refractivity contribution in [2.24, 2.45) is 0 Å². The maximum atomic E-state index is 12.5. The molecule has 5 heteroatoms. The van der Waals surface area contributed by atoms with Crippen LogP contribution in [0, 0.1) is 0 Å². The Morgan fingerprint density at radius 1 is 1.63 bits per heavy atom. The SMILES string of the molecule is CC(O)CC1CCCN1C(=O)c1ccc(Br)c(Cl)c1. The fraction of sp³-hybridized carbons (Fsp3) is 0.500. The van der Waals surface area contributed by atoms with Crippen LogP contribution in [0.5, 0.6) is 0 Å². The summed E-state index contributed by atoms with van der Waals surface area (Å²) in [5.41, 5.74) is 0.602. The van der Waals surface area contributed by atoms with Crippen LogP contribution >= 0.6 is 27.5 Å². The lowest BCUT2D eigenvalue weighted by Gasteiger charge is -2.26. The number of rotatable bonds is 3. The van der Waals surface area contributed by atoms with Gasteiger partial charge >= 0.3 is 0 Å². The number of carbonyl (C=O) groups excluding carboxylic acids is 1. The van der Waals surface area contributed by atoms with Gasteiger partial charge in [0.1, 0.15) is 0 Å². The van der Waals surface area contributed by atoms with Gasteiger partial charge in [0.2, 0.25) is 0 Å². The Kier molecular flexibility index (Phi) is 4.87. The maximum absolute atomic E-state index is 12.5. The third-order valence-electron chi connectivity index (χ3n) is 3.42. The second-order valence-corrected chi connectivity index (χ2v) is 6.27. The first-order valence-electron chi connectivity index (χ1n) is 6.43. The molecule has 0 aromatic heterocycles. The van der Waals surface area contributed by atoms with Crippen molar-refractivity contribution in [2.75, 3.05) is 6.54 Å². The van der Waals surface area contributed by atoms with E-state index in [1.165, 1.54) is 0 Å². The van der Waals surface area contributed by atoms with E-state index < -0.39 is 0 Å². The van der Waals surface area contributed by atoms with Crippen LogP contribution in [0.15, 0.2) is 22.7 Å². The molecule has 0 saturated carbocycles. The van der Waals surface area contributed by atoms with Gasteiger partial charge in [-0.2, -0.15) is 0 Å². The molecule has 1 aliphatic rings. The number of aliphatic hydroxyl groups is 1. The zero-order valence-corrected chi connectivity index (χ0v) is 13.1. The molecule has 1 N–H and O–H groups in total. The van der Waals surface area contributed by atoms with Crippen LogP contribution in [0.25, 0.3) is 0 Å². The third kappa shape index (κ3) is 3.50. The predicted molar refractivity (Wildman–Crippen MR) is 79.5 cm³/mol. The number of nitrogens with zero attached hydrogens (tertiary/aromatic N) is 1. The van der Waals surface area contributed by atoms with Crippen LogP contribution in [0.3, 0.4) is 0 Å². The zero-order valence-electron chi connectivity index (χ0n) is 10.8. The average molecular weight is 347 g/mol. The Morgan fingerprint density at radius 3 is 3.00 bits per heavy atom. The molecular formula is C14H17BrClNO2. The number of hydrogen-bond acceptors (Lipinski definition) is 2. The second-order valence-electron chi connectivity index (χ2n) is 5.01. The van der Waals surface area contributed by atoms with Crippen LogP contribution in [-0.4, -0.2) is 34.6 Å². The van der Waals surface area contributed by atoms with Crippen molar-refractivity contribution in [1.82, 2.24) is 4.90 Å². The van der Waals surface area contributed by atoms with Gasteiger partial charge in [-0.3, -0.25) is 4.79 Å². The minimum atomic E-state index is -0.382. The molecule has 2 rings (SSSR count). The van der Waals surface area contributed by atoms with Crippen molar-refractivity contribution in [1.29, 1.82) is 0 Å². The Balaban J connectivity index is 2.16. The fourth-order valence-corrected chi connectivity index (χ4v) is 2.96. The first kappa shape index (κ1) is 14.8. The molecule has 0 aliphatic carbocycles. The summed E-state index contributed by atoms with van der Waals surface area (Å²) in [4.78, 5) is 14.3. The second kappa shape index (κ2) is 6.25. The van der Waals surface area contributed by atoms with Gasteiger partial charge in [0, 0.05) is 22.6 Å². The van der Waals surface area contributed by atoms with Crippen LogP contribution < -0.4 is 0 Å². The van der Waals surface area contributed by atoms with Gasteiger partial charge in [0.25, 0.3) is 5.91 Å².